The van der Waals surface area contributed by atoms with Gasteiger partial charge in [-0.2, -0.15) is 0 Å². The maximum absolute atomic E-state index is 11.9. The number of halogens is 2. The van der Waals surface area contributed by atoms with Crippen molar-refractivity contribution in [2.24, 2.45) is 0 Å². The average Bonchev–Trinajstić information content (AvgIpc) is 2.14. The summed E-state index contributed by atoms with van der Waals surface area (Å²) in [6.45, 7) is -0.775. The van der Waals surface area contributed by atoms with Crippen LogP contribution in [0.5, 0.6) is 5.75 Å². The van der Waals surface area contributed by atoms with Crippen molar-refractivity contribution < 1.29 is 21.9 Å². The number of ether oxygens (including phenoxy) is 1. The second-order valence-corrected chi connectivity index (χ2v) is 5.19. The van der Waals surface area contributed by atoms with Crippen LogP contribution in [0, 0.1) is 0 Å². The van der Waals surface area contributed by atoms with Crippen molar-refractivity contribution in [1.82, 2.24) is 0 Å². The molecule has 7 heteroatoms. The van der Waals surface area contributed by atoms with Crippen molar-refractivity contribution in [2.45, 2.75) is 11.3 Å². The molecule has 0 bridgehead atoms. The Morgan fingerprint density at radius 2 is 2.06 bits per heavy atom. The Kier molecular flexibility index (Phi) is 3.69. The Morgan fingerprint density at radius 3 is 2.50 bits per heavy atom. The van der Waals surface area contributed by atoms with E-state index in [1.54, 1.807) is 0 Å². The summed E-state index contributed by atoms with van der Waals surface area (Å²) < 4.78 is 50.7. The van der Waals surface area contributed by atoms with E-state index in [4.69, 9.17) is 10.5 Å². The van der Waals surface area contributed by atoms with E-state index in [2.05, 4.69) is 0 Å². The lowest BCUT2D eigenvalue weighted by Crippen LogP contribution is -2.09. The molecule has 0 amide bonds. The fourth-order valence-electron chi connectivity index (χ4n) is 1.04. The largest absolute Gasteiger partial charge is 0.485 e. The van der Waals surface area contributed by atoms with Crippen molar-refractivity contribution in [3.05, 3.63) is 18.2 Å². The molecule has 0 saturated carbocycles. The summed E-state index contributed by atoms with van der Waals surface area (Å²) in [5.41, 5.74) is 5.49. The van der Waals surface area contributed by atoms with E-state index in [0.717, 1.165) is 6.26 Å². The molecule has 0 spiro atoms. The van der Waals surface area contributed by atoms with Crippen LogP contribution >= 0.6 is 0 Å². The quantitative estimate of drug-likeness (QED) is 0.819. The molecule has 0 aliphatic heterocycles. The topological polar surface area (TPSA) is 69.4 Å². The molecule has 0 saturated heterocycles. The minimum absolute atomic E-state index is 0.0172. The van der Waals surface area contributed by atoms with Crippen molar-refractivity contribution >= 4 is 15.5 Å². The molecule has 1 aromatic carbocycles. The van der Waals surface area contributed by atoms with E-state index in [9.17, 15) is 17.2 Å². The molecule has 0 atom stereocenters. The predicted molar refractivity (Wildman–Crippen MR) is 55.5 cm³/mol. The molecule has 4 nitrogen and oxygen atoms in total. The molecular formula is C9H11F2NO3S. The van der Waals surface area contributed by atoms with E-state index in [1.165, 1.54) is 18.2 Å². The van der Waals surface area contributed by atoms with E-state index in [-0.39, 0.29) is 16.3 Å². The smallest absolute Gasteiger partial charge is 0.272 e. The van der Waals surface area contributed by atoms with Crippen LogP contribution < -0.4 is 10.5 Å². The highest BCUT2D eigenvalue weighted by Gasteiger charge is 2.11. The molecule has 0 unspecified atom stereocenters. The van der Waals surface area contributed by atoms with Crippen LogP contribution in [0.15, 0.2) is 23.1 Å². The number of rotatable bonds is 4. The SMILES string of the molecule is CS(=O)(=O)c1ccc(OCC(F)F)c(N)c1. The van der Waals surface area contributed by atoms with Gasteiger partial charge in [0.15, 0.2) is 9.84 Å². The summed E-state index contributed by atoms with van der Waals surface area (Å²) >= 11 is 0. The maximum atomic E-state index is 11.9. The standard InChI is InChI=1S/C9H11F2NO3S/c1-16(13,14)6-2-3-8(7(12)4-6)15-5-9(10)11/h2-4,9H,5,12H2,1H3. The maximum Gasteiger partial charge on any atom is 0.272 e. The molecule has 0 radical (unpaired) electrons. The molecule has 0 fully saturated rings. The van der Waals surface area contributed by atoms with Gasteiger partial charge in [0.1, 0.15) is 12.4 Å². The normalized spacial score (nSPS) is 11.8. The van der Waals surface area contributed by atoms with E-state index in [1.807, 2.05) is 0 Å². The molecule has 0 aliphatic rings. The van der Waals surface area contributed by atoms with E-state index in [0.29, 0.717) is 0 Å². The summed E-state index contributed by atoms with van der Waals surface area (Å²) in [6, 6.07) is 3.69. The Hall–Kier alpha value is -1.37. The van der Waals surface area contributed by atoms with E-state index >= 15 is 0 Å². The fraction of sp³-hybridized carbons (Fsp3) is 0.333. The van der Waals surface area contributed by atoms with E-state index < -0.39 is 22.9 Å². The van der Waals surface area contributed by atoms with Crippen LogP contribution in [0.25, 0.3) is 0 Å². The summed E-state index contributed by atoms with van der Waals surface area (Å²) in [5.74, 6) is 0.0488. The zero-order valence-electron chi connectivity index (χ0n) is 8.48. The predicted octanol–water partition coefficient (Wildman–Crippen LogP) is 1.32. The first-order valence-corrected chi connectivity index (χ1v) is 6.20. The van der Waals surface area contributed by atoms with Gasteiger partial charge in [-0.1, -0.05) is 0 Å². The molecule has 16 heavy (non-hydrogen) atoms. The second-order valence-electron chi connectivity index (χ2n) is 3.17. The number of anilines is 1. The Bertz CT molecular complexity index is 474. The van der Waals surface area contributed by atoms with Crippen LogP contribution in [0.1, 0.15) is 0 Å². The molecule has 0 heterocycles. The summed E-state index contributed by atoms with van der Waals surface area (Å²) in [5, 5.41) is 0. The molecule has 2 N–H and O–H groups in total. The number of hydrogen-bond donors (Lipinski definition) is 1. The van der Waals surface area contributed by atoms with Crippen LogP contribution in [0.2, 0.25) is 0 Å². The minimum atomic E-state index is -3.36. The third kappa shape index (κ3) is 3.34. The molecule has 90 valence electrons. The monoisotopic (exact) mass is 251 g/mol. The van der Waals surface area contributed by atoms with Gasteiger partial charge in [-0.3, -0.25) is 0 Å². The lowest BCUT2D eigenvalue weighted by Gasteiger charge is -2.09. The first kappa shape index (κ1) is 12.7. The minimum Gasteiger partial charge on any atom is -0.485 e. The highest BCUT2D eigenvalue weighted by Crippen LogP contribution is 2.25. The first-order valence-electron chi connectivity index (χ1n) is 4.31. The Balaban J connectivity index is 2.92. The summed E-state index contributed by atoms with van der Waals surface area (Å²) in [4.78, 5) is 0.0226. The van der Waals surface area contributed by atoms with Gasteiger partial charge in [0.2, 0.25) is 0 Å². The zero-order chi connectivity index (χ0) is 12.3. The third-order valence-corrected chi connectivity index (χ3v) is 2.88. The molecule has 1 rings (SSSR count). The number of sulfone groups is 1. The highest BCUT2D eigenvalue weighted by molar-refractivity contribution is 7.90. The van der Waals surface area contributed by atoms with Gasteiger partial charge in [0.25, 0.3) is 6.43 Å². The second kappa shape index (κ2) is 4.65. The third-order valence-electron chi connectivity index (χ3n) is 1.77. The Morgan fingerprint density at radius 1 is 1.44 bits per heavy atom. The number of alkyl halides is 2. The van der Waals surface area contributed by atoms with Gasteiger partial charge >= 0.3 is 0 Å². The fourth-order valence-corrected chi connectivity index (χ4v) is 1.70. The van der Waals surface area contributed by atoms with Crippen LogP contribution in [0.3, 0.4) is 0 Å². The number of nitrogens with two attached hydrogens (primary N) is 1. The lowest BCUT2D eigenvalue weighted by molar-refractivity contribution is 0.0822. The van der Waals surface area contributed by atoms with Gasteiger partial charge < -0.3 is 10.5 Å². The molecular weight excluding hydrogens is 240 g/mol. The van der Waals surface area contributed by atoms with Crippen LogP contribution in [0.4, 0.5) is 14.5 Å². The first-order chi connectivity index (χ1) is 7.30. The van der Waals surface area contributed by atoms with Gasteiger partial charge in [-0.05, 0) is 18.2 Å². The van der Waals surface area contributed by atoms with Gasteiger partial charge in [0, 0.05) is 6.26 Å². The van der Waals surface area contributed by atoms with Crippen LogP contribution in [-0.4, -0.2) is 27.7 Å². The number of nitrogen functional groups attached to an aromatic ring is 1. The molecule has 1 aromatic rings. The number of hydrogen-bond acceptors (Lipinski definition) is 4. The number of benzene rings is 1. The van der Waals surface area contributed by atoms with Gasteiger partial charge in [-0.15, -0.1) is 0 Å². The average molecular weight is 251 g/mol. The lowest BCUT2D eigenvalue weighted by atomic mass is 10.3. The van der Waals surface area contributed by atoms with Crippen molar-refractivity contribution in [3.8, 4) is 5.75 Å². The Labute approximate surface area is 91.9 Å². The molecule has 0 aliphatic carbocycles. The van der Waals surface area contributed by atoms with Crippen molar-refractivity contribution in [3.63, 3.8) is 0 Å². The zero-order valence-corrected chi connectivity index (χ0v) is 9.30. The molecule has 0 aromatic heterocycles. The van der Waals surface area contributed by atoms with Crippen LogP contribution in [-0.2, 0) is 9.84 Å². The highest BCUT2D eigenvalue weighted by atomic mass is 32.2. The summed E-state index contributed by atoms with van der Waals surface area (Å²) in [7, 11) is -3.36. The summed E-state index contributed by atoms with van der Waals surface area (Å²) in [6.07, 6.45) is -1.57. The van der Waals surface area contributed by atoms with Gasteiger partial charge in [-0.25, -0.2) is 17.2 Å². The van der Waals surface area contributed by atoms with Gasteiger partial charge in [0.05, 0.1) is 10.6 Å². The van der Waals surface area contributed by atoms with Crippen molar-refractivity contribution in [1.29, 1.82) is 0 Å². The van der Waals surface area contributed by atoms with Crippen molar-refractivity contribution in [2.75, 3.05) is 18.6 Å².